The Morgan fingerprint density at radius 2 is 1.17 bits per heavy atom. The van der Waals surface area contributed by atoms with Crippen LogP contribution in [0.25, 0.3) is 21.8 Å². The van der Waals surface area contributed by atoms with Gasteiger partial charge in [-0.05, 0) is 67.9 Å². The van der Waals surface area contributed by atoms with Crippen molar-refractivity contribution in [3.63, 3.8) is 0 Å². The molecule has 2 aromatic heterocycles. The molecule has 0 aliphatic carbocycles. The Kier molecular flexibility index (Phi) is 16.3. The van der Waals surface area contributed by atoms with Crippen LogP contribution in [0.2, 0.25) is 10.0 Å². The standard InChI is InChI=1S/C25H29ClFN5O4.C22H24ClFN4O2/c1-31(10-11-34-2)25(33)32-8-6-17(7-9-32)36-23-13-18-21(14-22(23)35-3)28-15-29-24(18)30-16-4-5-20(27)19(26)12-16;1-3-28-8-6-15(7-9-28)30-21-11-16-19(12-20(21)29-2)25-13-26-22(16)27-14-4-5-18(24)17(23)10-14/h4-5,12-15,17H,6-11H2,1-3H3,(H,28,29,30);4-5,10-13,15H,3,6-9H2,1-2H3,(H,25,26,27). The lowest BCUT2D eigenvalue weighted by Crippen LogP contribution is -2.47. The Balaban J connectivity index is 0.000000199. The molecule has 66 heavy (non-hydrogen) atoms. The summed E-state index contributed by atoms with van der Waals surface area (Å²) < 4.78 is 55.9. The predicted octanol–water partition coefficient (Wildman–Crippen LogP) is 9.75. The number of aromatic nitrogens is 4. The fraction of sp³-hybridized carbons (Fsp3) is 0.383. The average Bonchev–Trinajstić information content (AvgIpc) is 3.33. The number of likely N-dealkylation sites (N-methyl/N-ethyl adjacent to an activating group) is 1. The fourth-order valence-electron chi connectivity index (χ4n) is 7.68. The molecule has 0 radical (unpaired) electrons. The van der Waals surface area contributed by atoms with E-state index in [1.807, 2.05) is 23.1 Å². The third-order valence-corrected chi connectivity index (χ3v) is 12.0. The molecule has 8 rings (SSSR count). The lowest BCUT2D eigenvalue weighted by atomic mass is 10.1. The number of fused-ring (bicyclic) bond motifs is 2. The number of benzene rings is 4. The monoisotopic (exact) mass is 947 g/mol. The SMILES string of the molecule is CCN1CCC(Oc2cc3c(Nc4ccc(F)c(Cl)c4)ncnc3cc2OC)CC1.COCCN(C)C(=O)N1CCC(Oc2cc3c(Nc4ccc(F)c(Cl)c4)ncnc3cc2OC)CC1. The Labute approximate surface area is 392 Å². The average molecular weight is 949 g/mol. The summed E-state index contributed by atoms with van der Waals surface area (Å²) in [6, 6.07) is 16.2. The molecule has 0 bridgehead atoms. The molecule has 0 spiro atoms. The number of ether oxygens (including phenoxy) is 5. The van der Waals surface area contributed by atoms with Crippen LogP contribution >= 0.6 is 23.2 Å². The van der Waals surface area contributed by atoms with E-state index in [-0.39, 0.29) is 28.3 Å². The first kappa shape index (κ1) is 47.9. The van der Waals surface area contributed by atoms with Crippen LogP contribution in [0.3, 0.4) is 0 Å². The van der Waals surface area contributed by atoms with Crippen molar-refractivity contribution < 1.29 is 37.3 Å². The van der Waals surface area contributed by atoms with Gasteiger partial charge in [-0.2, -0.15) is 0 Å². The second-order valence-corrected chi connectivity index (χ2v) is 16.6. The quantitative estimate of drug-likeness (QED) is 0.107. The number of likely N-dealkylation sites (tertiary alicyclic amines) is 2. The summed E-state index contributed by atoms with van der Waals surface area (Å²) in [5, 5.41) is 7.91. The van der Waals surface area contributed by atoms with Crippen LogP contribution in [0.1, 0.15) is 32.6 Å². The molecule has 2 N–H and O–H groups in total. The van der Waals surface area contributed by atoms with Crippen molar-refractivity contribution in [2.75, 3.05) is 84.9 Å². The van der Waals surface area contributed by atoms with Gasteiger partial charge < -0.3 is 49.0 Å². The summed E-state index contributed by atoms with van der Waals surface area (Å²) in [6.45, 7) is 7.52. The van der Waals surface area contributed by atoms with Crippen LogP contribution < -0.4 is 29.6 Å². The Bertz CT molecular complexity index is 2620. The number of hydrogen-bond acceptors (Lipinski definition) is 13. The van der Waals surface area contributed by atoms with Gasteiger partial charge in [0.05, 0.1) is 41.9 Å². The van der Waals surface area contributed by atoms with E-state index in [0.717, 1.165) is 37.9 Å². The van der Waals surface area contributed by atoms with Crippen LogP contribution in [-0.2, 0) is 4.74 Å². The van der Waals surface area contributed by atoms with Gasteiger partial charge in [-0.3, -0.25) is 0 Å². The third kappa shape index (κ3) is 11.9. The van der Waals surface area contributed by atoms with Crippen molar-refractivity contribution in [3.05, 3.63) is 95.0 Å². The first-order chi connectivity index (χ1) is 32.0. The highest BCUT2D eigenvalue weighted by Crippen LogP contribution is 2.38. The van der Waals surface area contributed by atoms with Gasteiger partial charge in [0.15, 0.2) is 23.0 Å². The van der Waals surface area contributed by atoms with Crippen LogP contribution in [0.4, 0.5) is 36.6 Å². The van der Waals surface area contributed by atoms with Crippen molar-refractivity contribution in [3.8, 4) is 23.0 Å². The van der Waals surface area contributed by atoms with Crippen molar-refractivity contribution in [2.45, 2.75) is 44.8 Å². The zero-order valence-corrected chi connectivity index (χ0v) is 39.0. The van der Waals surface area contributed by atoms with Crippen LogP contribution in [0.15, 0.2) is 73.3 Å². The zero-order chi connectivity index (χ0) is 46.7. The predicted molar refractivity (Wildman–Crippen MR) is 252 cm³/mol. The minimum absolute atomic E-state index is 0.0115. The van der Waals surface area contributed by atoms with Crippen LogP contribution in [0, 0.1) is 11.6 Å². The topological polar surface area (TPSA) is 149 Å². The van der Waals surface area contributed by atoms with Crippen molar-refractivity contribution >= 4 is 74.0 Å². The summed E-state index contributed by atoms with van der Waals surface area (Å²) in [7, 11) is 6.59. The molecular formula is C47H53Cl2F2N9O6. The Morgan fingerprint density at radius 3 is 1.59 bits per heavy atom. The summed E-state index contributed by atoms with van der Waals surface area (Å²) in [4.78, 5) is 36.0. The molecule has 4 aromatic carbocycles. The molecule has 4 heterocycles. The molecule has 2 amide bonds. The molecule has 2 aliphatic heterocycles. The molecule has 2 fully saturated rings. The second kappa shape index (κ2) is 22.5. The summed E-state index contributed by atoms with van der Waals surface area (Å²) in [5.41, 5.74) is 2.59. The van der Waals surface area contributed by atoms with Crippen LogP contribution in [-0.4, -0.2) is 127 Å². The molecule has 6 aromatic rings. The molecule has 350 valence electrons. The lowest BCUT2D eigenvalue weighted by Gasteiger charge is -2.34. The van der Waals surface area contributed by atoms with E-state index in [4.69, 9.17) is 46.9 Å². The Morgan fingerprint density at radius 1 is 0.697 bits per heavy atom. The number of anilines is 4. The number of urea groups is 1. The highest BCUT2D eigenvalue weighted by atomic mass is 35.5. The number of carbonyl (C=O) groups excluding carboxylic acids is 1. The number of nitrogens with zero attached hydrogens (tertiary/aromatic N) is 7. The minimum atomic E-state index is -0.496. The van der Waals surface area contributed by atoms with Crippen LogP contribution in [0.5, 0.6) is 23.0 Å². The second-order valence-electron chi connectivity index (χ2n) is 15.7. The number of nitrogens with one attached hydrogen (secondary N) is 2. The normalized spacial score (nSPS) is 14.7. The van der Waals surface area contributed by atoms with E-state index >= 15 is 0 Å². The summed E-state index contributed by atoms with van der Waals surface area (Å²) >= 11 is 11.8. The molecule has 0 unspecified atom stereocenters. The smallest absolute Gasteiger partial charge is 0.319 e. The van der Waals surface area contributed by atoms with Gasteiger partial charge in [-0.25, -0.2) is 33.5 Å². The number of amides is 2. The number of hydrogen-bond donors (Lipinski definition) is 2. The minimum Gasteiger partial charge on any atom is -0.493 e. The van der Waals surface area contributed by atoms with Gasteiger partial charge in [0.2, 0.25) is 0 Å². The van der Waals surface area contributed by atoms with Gasteiger partial charge in [-0.1, -0.05) is 30.1 Å². The molecular weight excluding hydrogens is 895 g/mol. The third-order valence-electron chi connectivity index (χ3n) is 11.4. The summed E-state index contributed by atoms with van der Waals surface area (Å²) in [5.74, 6) is 2.54. The first-order valence-electron chi connectivity index (χ1n) is 21.6. The maximum Gasteiger partial charge on any atom is 0.319 e. The zero-order valence-electron chi connectivity index (χ0n) is 37.5. The summed E-state index contributed by atoms with van der Waals surface area (Å²) in [6.07, 6.45) is 6.28. The number of methoxy groups -OCH3 is 3. The van der Waals surface area contributed by atoms with Gasteiger partial charge in [0.1, 0.15) is 48.1 Å². The lowest BCUT2D eigenvalue weighted by molar-refractivity contribution is 0.0909. The highest BCUT2D eigenvalue weighted by molar-refractivity contribution is 6.31. The largest absolute Gasteiger partial charge is 0.493 e. The van der Waals surface area contributed by atoms with Gasteiger partial charge in [0, 0.05) is 94.0 Å². The van der Waals surface area contributed by atoms with Crippen molar-refractivity contribution in [2.24, 2.45) is 0 Å². The molecule has 19 heteroatoms. The first-order valence-corrected chi connectivity index (χ1v) is 22.4. The van der Waals surface area contributed by atoms with E-state index < -0.39 is 11.6 Å². The van der Waals surface area contributed by atoms with Crippen molar-refractivity contribution in [1.82, 2.24) is 34.6 Å². The number of halogens is 4. The molecule has 2 saturated heterocycles. The molecule has 15 nitrogen and oxygen atoms in total. The number of carbonyl (C=O) groups is 1. The highest BCUT2D eigenvalue weighted by Gasteiger charge is 2.27. The fourth-order valence-corrected chi connectivity index (χ4v) is 8.05. The molecule has 0 saturated carbocycles. The molecule has 0 atom stereocenters. The van der Waals surface area contributed by atoms with Crippen molar-refractivity contribution in [1.29, 1.82) is 0 Å². The Hall–Kier alpha value is -6.01. The number of rotatable bonds is 14. The van der Waals surface area contributed by atoms with Gasteiger partial charge in [-0.15, -0.1) is 0 Å². The van der Waals surface area contributed by atoms with E-state index in [0.29, 0.717) is 102 Å². The molecule has 2 aliphatic rings. The van der Waals surface area contributed by atoms with E-state index in [9.17, 15) is 13.6 Å². The van der Waals surface area contributed by atoms with E-state index in [2.05, 4.69) is 42.4 Å². The van der Waals surface area contributed by atoms with Gasteiger partial charge in [0.25, 0.3) is 0 Å². The van der Waals surface area contributed by atoms with Gasteiger partial charge >= 0.3 is 6.03 Å². The maximum atomic E-state index is 13.6. The number of piperidine rings is 2. The maximum absolute atomic E-state index is 13.6. The van der Waals surface area contributed by atoms with E-state index in [1.165, 1.54) is 36.9 Å². The van der Waals surface area contributed by atoms with E-state index in [1.54, 1.807) is 51.5 Å².